The number of nitrogen functional groups attached to an aromatic ring is 1. The third-order valence-electron chi connectivity index (χ3n) is 3.81. The zero-order valence-electron chi connectivity index (χ0n) is 11.3. The van der Waals surface area contributed by atoms with E-state index in [0.717, 1.165) is 10.9 Å². The molecule has 1 aliphatic heterocycles. The Kier molecular flexibility index (Phi) is 3.36. The Morgan fingerprint density at radius 1 is 1.59 bits per heavy atom. The standard InChI is InChI=1S/C11H15FN6O4/c12-4-6(20)11(1-13,2-19)22-9(4)18-3-15-5-7(18)16-10(14)17-8(5)21/h3-4,6,9,19-20H,1-2,13H2,(H3,14,16,17,21)/t4-,6+,9-,11-/m1/s1. The predicted octanol–water partition coefficient (Wildman–Crippen LogP) is -2.38. The van der Waals surface area contributed by atoms with Crippen LogP contribution in [-0.2, 0) is 4.74 Å². The number of aliphatic hydroxyl groups excluding tert-OH is 2. The smallest absolute Gasteiger partial charge is 0.280 e. The monoisotopic (exact) mass is 314 g/mol. The largest absolute Gasteiger partial charge is 0.393 e. The van der Waals surface area contributed by atoms with Gasteiger partial charge in [0.1, 0.15) is 11.7 Å². The molecule has 7 N–H and O–H groups in total. The molecule has 10 nitrogen and oxygen atoms in total. The minimum atomic E-state index is -1.89. The van der Waals surface area contributed by atoms with E-state index in [9.17, 15) is 19.4 Å². The van der Waals surface area contributed by atoms with E-state index in [0.29, 0.717) is 0 Å². The van der Waals surface area contributed by atoms with Crippen LogP contribution in [0.2, 0.25) is 0 Å². The van der Waals surface area contributed by atoms with Crippen molar-refractivity contribution in [2.24, 2.45) is 5.73 Å². The number of halogens is 1. The molecule has 0 bridgehead atoms. The molecule has 4 atom stereocenters. The van der Waals surface area contributed by atoms with Crippen molar-refractivity contribution in [1.82, 2.24) is 19.5 Å². The fraction of sp³-hybridized carbons (Fsp3) is 0.545. The first-order chi connectivity index (χ1) is 10.4. The van der Waals surface area contributed by atoms with E-state index >= 15 is 0 Å². The lowest BCUT2D eigenvalue weighted by molar-refractivity contribution is -0.120. The highest BCUT2D eigenvalue weighted by molar-refractivity contribution is 5.70. The fourth-order valence-electron chi connectivity index (χ4n) is 2.53. The molecule has 2 aromatic rings. The summed E-state index contributed by atoms with van der Waals surface area (Å²) in [6, 6.07) is 0. The summed E-state index contributed by atoms with van der Waals surface area (Å²) < 4.78 is 21.0. The Balaban J connectivity index is 2.11. The molecule has 2 aromatic heterocycles. The molecule has 11 heteroatoms. The Bertz CT molecular complexity index is 757. The number of hydrogen-bond donors (Lipinski definition) is 5. The number of hydrogen-bond acceptors (Lipinski definition) is 8. The van der Waals surface area contributed by atoms with Gasteiger partial charge in [-0.1, -0.05) is 0 Å². The highest BCUT2D eigenvalue weighted by atomic mass is 19.1. The molecule has 1 fully saturated rings. The van der Waals surface area contributed by atoms with E-state index in [1.807, 2.05) is 0 Å². The van der Waals surface area contributed by atoms with E-state index in [1.165, 1.54) is 0 Å². The molecule has 120 valence electrons. The Labute approximate surface area is 122 Å². The van der Waals surface area contributed by atoms with Crippen LogP contribution in [-0.4, -0.2) is 60.8 Å². The first-order valence-corrected chi connectivity index (χ1v) is 6.46. The SMILES string of the molecule is NC[C@]1(CO)O[C@@H](n2cnc3c(=O)[nH]c(N)nc32)[C@H](F)[C@@H]1O. The first-order valence-electron chi connectivity index (χ1n) is 6.46. The number of anilines is 1. The van der Waals surface area contributed by atoms with E-state index in [2.05, 4.69) is 15.0 Å². The second-order valence-corrected chi connectivity index (χ2v) is 5.10. The molecule has 0 aliphatic carbocycles. The van der Waals surface area contributed by atoms with E-state index in [-0.39, 0.29) is 23.7 Å². The van der Waals surface area contributed by atoms with Gasteiger partial charge >= 0.3 is 0 Å². The van der Waals surface area contributed by atoms with Gasteiger partial charge in [0, 0.05) is 6.54 Å². The third kappa shape index (κ3) is 1.90. The quantitative estimate of drug-likeness (QED) is 0.419. The number of aromatic nitrogens is 4. The maximum atomic E-state index is 14.4. The second kappa shape index (κ2) is 4.98. The number of alkyl halides is 1. The van der Waals surface area contributed by atoms with Crippen molar-refractivity contribution in [3.63, 3.8) is 0 Å². The molecule has 0 aromatic carbocycles. The summed E-state index contributed by atoms with van der Waals surface area (Å²) in [6.07, 6.45) is -3.72. The number of fused-ring (bicyclic) bond motifs is 1. The van der Waals surface area contributed by atoms with Crippen molar-refractivity contribution in [3.05, 3.63) is 16.7 Å². The molecule has 22 heavy (non-hydrogen) atoms. The molecule has 1 saturated heterocycles. The molecule has 0 unspecified atom stereocenters. The van der Waals surface area contributed by atoms with Crippen molar-refractivity contribution >= 4 is 17.1 Å². The molecule has 0 amide bonds. The summed E-state index contributed by atoms with van der Waals surface area (Å²) >= 11 is 0. The zero-order chi connectivity index (χ0) is 16.1. The number of H-pyrrole nitrogens is 1. The Hall–Kier alpha value is -2.08. The molecule has 3 heterocycles. The fourth-order valence-corrected chi connectivity index (χ4v) is 2.53. The minimum absolute atomic E-state index is 0.00635. The Morgan fingerprint density at radius 3 is 2.91 bits per heavy atom. The van der Waals surface area contributed by atoms with Gasteiger partial charge in [0.25, 0.3) is 5.56 Å². The van der Waals surface area contributed by atoms with Crippen molar-refractivity contribution in [1.29, 1.82) is 0 Å². The number of aliphatic hydroxyl groups is 2. The lowest BCUT2D eigenvalue weighted by Crippen LogP contribution is -2.51. The highest BCUT2D eigenvalue weighted by Crippen LogP contribution is 2.39. The first kappa shape index (κ1) is 14.8. The summed E-state index contributed by atoms with van der Waals surface area (Å²) in [6.45, 7) is -0.950. The van der Waals surface area contributed by atoms with Gasteiger partial charge in [0.15, 0.2) is 23.6 Å². The highest BCUT2D eigenvalue weighted by Gasteiger charge is 2.55. The second-order valence-electron chi connectivity index (χ2n) is 5.10. The molecule has 0 radical (unpaired) electrons. The van der Waals surface area contributed by atoms with Gasteiger partial charge < -0.3 is 26.4 Å². The number of nitrogens with two attached hydrogens (primary N) is 2. The molecule has 0 spiro atoms. The Morgan fingerprint density at radius 2 is 2.32 bits per heavy atom. The molecule has 1 aliphatic rings. The van der Waals surface area contributed by atoms with Crippen LogP contribution in [0.25, 0.3) is 11.2 Å². The van der Waals surface area contributed by atoms with Crippen LogP contribution in [0.5, 0.6) is 0 Å². The van der Waals surface area contributed by atoms with Crippen LogP contribution in [0.3, 0.4) is 0 Å². The van der Waals surface area contributed by atoms with E-state index in [1.54, 1.807) is 0 Å². The molecule has 0 saturated carbocycles. The van der Waals surface area contributed by atoms with Crippen LogP contribution >= 0.6 is 0 Å². The minimum Gasteiger partial charge on any atom is -0.393 e. The number of nitrogens with zero attached hydrogens (tertiary/aromatic N) is 3. The van der Waals surface area contributed by atoms with Crippen LogP contribution in [0.1, 0.15) is 6.23 Å². The van der Waals surface area contributed by atoms with Crippen LogP contribution < -0.4 is 17.0 Å². The number of aromatic amines is 1. The number of nitrogens with one attached hydrogen (secondary N) is 1. The number of imidazole rings is 1. The summed E-state index contributed by atoms with van der Waals surface area (Å²) in [4.78, 5) is 21.7. The number of ether oxygens (including phenoxy) is 1. The van der Waals surface area contributed by atoms with Gasteiger partial charge in [0.05, 0.1) is 12.9 Å². The van der Waals surface area contributed by atoms with E-state index in [4.69, 9.17) is 16.2 Å². The van der Waals surface area contributed by atoms with Crippen molar-refractivity contribution in [2.45, 2.75) is 24.1 Å². The summed E-state index contributed by atoms with van der Waals surface area (Å²) in [5, 5.41) is 19.3. The van der Waals surface area contributed by atoms with E-state index < -0.39 is 36.3 Å². The lowest BCUT2D eigenvalue weighted by atomic mass is 9.97. The van der Waals surface area contributed by atoms with Gasteiger partial charge in [-0.2, -0.15) is 4.98 Å². The third-order valence-corrected chi connectivity index (χ3v) is 3.81. The topological polar surface area (TPSA) is 165 Å². The zero-order valence-corrected chi connectivity index (χ0v) is 11.3. The summed E-state index contributed by atoms with van der Waals surface area (Å²) in [5.74, 6) is -0.166. The lowest BCUT2D eigenvalue weighted by Gasteiger charge is -2.27. The van der Waals surface area contributed by atoms with Gasteiger partial charge in [-0.15, -0.1) is 0 Å². The number of rotatable bonds is 3. The average molecular weight is 314 g/mol. The molecular weight excluding hydrogens is 299 g/mol. The van der Waals surface area contributed by atoms with Crippen molar-refractivity contribution < 1.29 is 19.3 Å². The maximum absolute atomic E-state index is 14.4. The van der Waals surface area contributed by atoms with Gasteiger partial charge in [-0.05, 0) is 0 Å². The van der Waals surface area contributed by atoms with Crippen molar-refractivity contribution in [2.75, 3.05) is 18.9 Å². The van der Waals surface area contributed by atoms with Gasteiger partial charge in [-0.3, -0.25) is 14.3 Å². The van der Waals surface area contributed by atoms with Gasteiger partial charge in [-0.25, -0.2) is 9.37 Å². The molecular formula is C11H15FN6O4. The van der Waals surface area contributed by atoms with Crippen LogP contribution in [0.4, 0.5) is 10.3 Å². The summed E-state index contributed by atoms with van der Waals surface area (Å²) in [5.41, 5.74) is 8.69. The van der Waals surface area contributed by atoms with Gasteiger partial charge in [0.2, 0.25) is 5.95 Å². The normalized spacial score (nSPS) is 31.9. The van der Waals surface area contributed by atoms with Crippen molar-refractivity contribution in [3.8, 4) is 0 Å². The summed E-state index contributed by atoms with van der Waals surface area (Å²) in [7, 11) is 0. The van der Waals surface area contributed by atoms with Crippen LogP contribution in [0.15, 0.2) is 11.1 Å². The molecule has 3 rings (SSSR count). The van der Waals surface area contributed by atoms with Crippen LogP contribution in [0, 0.1) is 0 Å². The maximum Gasteiger partial charge on any atom is 0.280 e. The predicted molar refractivity (Wildman–Crippen MR) is 72.5 cm³/mol. The average Bonchev–Trinajstić information content (AvgIpc) is 3.01.